The minimum absolute atomic E-state index is 0.00596. The lowest BCUT2D eigenvalue weighted by Crippen LogP contribution is -2.41. The Morgan fingerprint density at radius 1 is 0.846 bits per heavy atom. The average Bonchev–Trinajstić information content (AvgIpc) is 2.71. The Morgan fingerprint density at radius 2 is 1.50 bits per heavy atom. The molecular weight excluding hydrogens is 328 g/mol. The van der Waals surface area contributed by atoms with E-state index in [0.29, 0.717) is 32.8 Å². The summed E-state index contributed by atoms with van der Waals surface area (Å²) in [5, 5.41) is 0. The molecule has 5 nitrogen and oxygen atoms in total. The fraction of sp³-hybridized carbons (Fsp3) is 0.333. The van der Waals surface area contributed by atoms with Crippen LogP contribution in [-0.4, -0.2) is 43.0 Å². The molecule has 5 heteroatoms. The van der Waals surface area contributed by atoms with Crippen LogP contribution >= 0.6 is 0 Å². The average molecular weight is 350 g/mol. The van der Waals surface area contributed by atoms with Crippen LogP contribution in [0.3, 0.4) is 0 Å². The van der Waals surface area contributed by atoms with Crippen molar-refractivity contribution in [2.45, 2.75) is 19.4 Å². The minimum Gasteiger partial charge on any atom is -0.378 e. The number of carbonyl (C=O) groups is 2. The third-order valence-electron chi connectivity index (χ3n) is 5.05. The SMILES string of the molecule is O=C(CCC(=O)N1Cc2ccccc2-c2ccccc21)N1CCOCC1. The van der Waals surface area contributed by atoms with E-state index in [9.17, 15) is 9.59 Å². The maximum atomic E-state index is 12.9. The molecule has 4 rings (SSSR count). The summed E-state index contributed by atoms with van der Waals surface area (Å²) in [4.78, 5) is 28.8. The summed E-state index contributed by atoms with van der Waals surface area (Å²) < 4.78 is 5.27. The maximum absolute atomic E-state index is 12.9. The number of rotatable bonds is 3. The second-order valence-corrected chi connectivity index (χ2v) is 6.65. The molecule has 0 N–H and O–H groups in total. The van der Waals surface area contributed by atoms with Crippen LogP contribution in [0.4, 0.5) is 5.69 Å². The number of morpholine rings is 1. The molecule has 0 radical (unpaired) electrons. The highest BCUT2D eigenvalue weighted by molar-refractivity contribution is 6.01. The standard InChI is InChI=1S/C21H22N2O3/c24-20(22-11-13-26-14-12-22)9-10-21(25)23-15-16-5-1-2-6-17(16)18-7-3-4-8-19(18)23/h1-8H,9-15H2. The molecule has 0 bridgehead atoms. The van der Waals surface area contributed by atoms with E-state index in [2.05, 4.69) is 12.1 Å². The van der Waals surface area contributed by atoms with Crippen LogP contribution in [0.15, 0.2) is 48.5 Å². The fourth-order valence-corrected chi connectivity index (χ4v) is 3.66. The molecule has 0 spiro atoms. The third kappa shape index (κ3) is 3.22. The summed E-state index contributed by atoms with van der Waals surface area (Å²) in [7, 11) is 0. The number of hydrogen-bond acceptors (Lipinski definition) is 3. The summed E-state index contributed by atoms with van der Waals surface area (Å²) in [5.41, 5.74) is 4.31. The van der Waals surface area contributed by atoms with Gasteiger partial charge in [0.25, 0.3) is 0 Å². The van der Waals surface area contributed by atoms with Crippen molar-refractivity contribution >= 4 is 17.5 Å². The third-order valence-corrected chi connectivity index (χ3v) is 5.05. The van der Waals surface area contributed by atoms with Crippen molar-refractivity contribution < 1.29 is 14.3 Å². The van der Waals surface area contributed by atoms with Crippen molar-refractivity contribution in [1.82, 2.24) is 4.90 Å². The van der Waals surface area contributed by atoms with Gasteiger partial charge < -0.3 is 14.5 Å². The molecule has 2 aliphatic heterocycles. The molecule has 1 fully saturated rings. The predicted molar refractivity (Wildman–Crippen MR) is 99.7 cm³/mol. The highest BCUT2D eigenvalue weighted by atomic mass is 16.5. The van der Waals surface area contributed by atoms with E-state index in [-0.39, 0.29) is 24.7 Å². The molecule has 2 aliphatic rings. The quantitative estimate of drug-likeness (QED) is 0.855. The van der Waals surface area contributed by atoms with Gasteiger partial charge in [0.1, 0.15) is 0 Å². The number of nitrogens with zero attached hydrogens (tertiary/aromatic N) is 2. The van der Waals surface area contributed by atoms with Crippen molar-refractivity contribution in [3.8, 4) is 11.1 Å². The van der Waals surface area contributed by atoms with Crippen molar-refractivity contribution in [2.24, 2.45) is 0 Å². The summed E-state index contributed by atoms with van der Waals surface area (Å²) in [6.45, 7) is 2.95. The number of carbonyl (C=O) groups excluding carboxylic acids is 2. The smallest absolute Gasteiger partial charge is 0.227 e. The number of ether oxygens (including phenoxy) is 1. The topological polar surface area (TPSA) is 49.9 Å². The highest BCUT2D eigenvalue weighted by Gasteiger charge is 2.26. The number of hydrogen-bond donors (Lipinski definition) is 0. The minimum atomic E-state index is -0.00596. The Hall–Kier alpha value is -2.66. The molecular formula is C21H22N2O3. The lowest BCUT2D eigenvalue weighted by Gasteiger charge is -2.31. The zero-order chi connectivity index (χ0) is 17.9. The van der Waals surface area contributed by atoms with Gasteiger partial charge in [0.05, 0.1) is 25.4 Å². The highest BCUT2D eigenvalue weighted by Crippen LogP contribution is 2.39. The molecule has 134 valence electrons. The van der Waals surface area contributed by atoms with Gasteiger partial charge in [0, 0.05) is 31.5 Å². The lowest BCUT2D eigenvalue weighted by molar-refractivity contribution is -0.136. The number of fused-ring (bicyclic) bond motifs is 3. The maximum Gasteiger partial charge on any atom is 0.227 e. The Morgan fingerprint density at radius 3 is 2.31 bits per heavy atom. The molecule has 26 heavy (non-hydrogen) atoms. The number of amides is 2. The molecule has 0 atom stereocenters. The number of anilines is 1. The largest absolute Gasteiger partial charge is 0.378 e. The van der Waals surface area contributed by atoms with Crippen molar-refractivity contribution in [2.75, 3.05) is 31.2 Å². The summed E-state index contributed by atoms with van der Waals surface area (Å²) in [6.07, 6.45) is 0.478. The first-order valence-electron chi connectivity index (χ1n) is 9.07. The molecule has 1 saturated heterocycles. The van der Waals surface area contributed by atoms with E-state index in [1.807, 2.05) is 41.3 Å². The van der Waals surface area contributed by atoms with Crippen LogP contribution in [0.25, 0.3) is 11.1 Å². The van der Waals surface area contributed by atoms with E-state index in [4.69, 9.17) is 4.74 Å². The van der Waals surface area contributed by atoms with Gasteiger partial charge in [0.2, 0.25) is 11.8 Å². The Bertz CT molecular complexity index is 828. The molecule has 0 saturated carbocycles. The Balaban J connectivity index is 1.49. The van der Waals surface area contributed by atoms with E-state index in [1.165, 1.54) is 5.56 Å². The predicted octanol–water partition coefficient (Wildman–Crippen LogP) is 2.84. The first-order chi connectivity index (χ1) is 12.7. The van der Waals surface area contributed by atoms with E-state index >= 15 is 0 Å². The first kappa shape index (κ1) is 16.8. The van der Waals surface area contributed by atoms with E-state index < -0.39 is 0 Å². The van der Waals surface area contributed by atoms with Gasteiger partial charge in [0.15, 0.2) is 0 Å². The van der Waals surface area contributed by atoms with Gasteiger partial charge in [-0.2, -0.15) is 0 Å². The van der Waals surface area contributed by atoms with Crippen LogP contribution in [0.2, 0.25) is 0 Å². The van der Waals surface area contributed by atoms with Crippen molar-refractivity contribution in [3.05, 3.63) is 54.1 Å². The van der Waals surface area contributed by atoms with Gasteiger partial charge in [-0.15, -0.1) is 0 Å². The molecule has 2 aromatic carbocycles. The van der Waals surface area contributed by atoms with Crippen LogP contribution < -0.4 is 4.90 Å². The van der Waals surface area contributed by atoms with E-state index in [0.717, 1.165) is 16.8 Å². The molecule has 2 heterocycles. The van der Waals surface area contributed by atoms with Crippen LogP contribution in [-0.2, 0) is 20.9 Å². The zero-order valence-electron chi connectivity index (χ0n) is 14.7. The lowest BCUT2D eigenvalue weighted by atomic mass is 9.93. The number of para-hydroxylation sites is 1. The molecule has 2 amide bonds. The summed E-state index contributed by atoms with van der Waals surface area (Å²) in [5.74, 6) is 0.0286. The Kier molecular flexibility index (Phi) is 4.71. The molecule has 0 aromatic heterocycles. The van der Waals surface area contributed by atoms with Gasteiger partial charge in [-0.25, -0.2) is 0 Å². The monoisotopic (exact) mass is 350 g/mol. The van der Waals surface area contributed by atoms with Gasteiger partial charge >= 0.3 is 0 Å². The number of benzene rings is 2. The molecule has 2 aromatic rings. The van der Waals surface area contributed by atoms with Gasteiger partial charge in [-0.1, -0.05) is 42.5 Å². The summed E-state index contributed by atoms with van der Waals surface area (Å²) >= 11 is 0. The second-order valence-electron chi connectivity index (χ2n) is 6.65. The molecule has 0 unspecified atom stereocenters. The first-order valence-corrected chi connectivity index (χ1v) is 9.07. The van der Waals surface area contributed by atoms with Gasteiger partial charge in [-0.3, -0.25) is 9.59 Å². The Labute approximate surface area is 153 Å². The zero-order valence-corrected chi connectivity index (χ0v) is 14.7. The van der Waals surface area contributed by atoms with Crippen LogP contribution in [0.5, 0.6) is 0 Å². The molecule has 0 aliphatic carbocycles. The van der Waals surface area contributed by atoms with Crippen LogP contribution in [0, 0.1) is 0 Å². The van der Waals surface area contributed by atoms with Crippen molar-refractivity contribution in [1.29, 1.82) is 0 Å². The fourth-order valence-electron chi connectivity index (χ4n) is 3.66. The van der Waals surface area contributed by atoms with Crippen LogP contribution in [0.1, 0.15) is 18.4 Å². The van der Waals surface area contributed by atoms with E-state index in [1.54, 1.807) is 4.90 Å². The summed E-state index contributed by atoms with van der Waals surface area (Å²) in [6, 6.07) is 16.1. The van der Waals surface area contributed by atoms with Crippen molar-refractivity contribution in [3.63, 3.8) is 0 Å². The normalized spacial score (nSPS) is 16.0. The second kappa shape index (κ2) is 7.30. The van der Waals surface area contributed by atoms with Gasteiger partial charge in [-0.05, 0) is 17.2 Å².